The van der Waals surface area contributed by atoms with Gasteiger partial charge >= 0.3 is 0 Å². The molecule has 0 aromatic carbocycles. The normalized spacial score (nSPS) is 9.58. The number of hydrogen-bond donors (Lipinski definition) is 0. The van der Waals surface area contributed by atoms with Crippen molar-refractivity contribution in [3.8, 4) is 5.75 Å². The van der Waals surface area contributed by atoms with Crippen molar-refractivity contribution in [1.82, 2.24) is 4.98 Å². The van der Waals surface area contributed by atoms with Gasteiger partial charge in [-0.3, -0.25) is 9.78 Å². The molecule has 0 aliphatic heterocycles. The van der Waals surface area contributed by atoms with Crippen molar-refractivity contribution in [2.24, 2.45) is 0 Å². The number of carbonyl (C=O) groups excluding carboxylic acids is 1. The standard InChI is InChI=1S/C8H8BrNO2/c1-5(11)7-3-8(12-2)6(9)4-10-7/h3-4H,1-2H3. The average molecular weight is 230 g/mol. The Hall–Kier alpha value is -0.900. The van der Waals surface area contributed by atoms with E-state index in [0.717, 1.165) is 4.47 Å². The van der Waals surface area contributed by atoms with Gasteiger partial charge < -0.3 is 4.74 Å². The number of pyridine rings is 1. The second-order valence-corrected chi connectivity index (χ2v) is 3.11. The van der Waals surface area contributed by atoms with E-state index in [1.807, 2.05) is 0 Å². The van der Waals surface area contributed by atoms with E-state index in [1.165, 1.54) is 6.92 Å². The van der Waals surface area contributed by atoms with Crippen LogP contribution in [0, 0.1) is 0 Å². The number of carbonyl (C=O) groups is 1. The number of halogens is 1. The van der Waals surface area contributed by atoms with E-state index in [9.17, 15) is 4.79 Å². The van der Waals surface area contributed by atoms with Crippen molar-refractivity contribution in [3.63, 3.8) is 0 Å². The number of ether oxygens (including phenoxy) is 1. The summed E-state index contributed by atoms with van der Waals surface area (Å²) < 4.78 is 5.74. The molecule has 0 atom stereocenters. The summed E-state index contributed by atoms with van der Waals surface area (Å²) in [4.78, 5) is 14.8. The molecule has 0 radical (unpaired) electrons. The minimum absolute atomic E-state index is 0.0687. The van der Waals surface area contributed by atoms with Crippen molar-refractivity contribution in [2.45, 2.75) is 6.92 Å². The zero-order chi connectivity index (χ0) is 9.14. The molecular weight excluding hydrogens is 222 g/mol. The van der Waals surface area contributed by atoms with Crippen LogP contribution in [0.4, 0.5) is 0 Å². The van der Waals surface area contributed by atoms with Crippen molar-refractivity contribution < 1.29 is 9.53 Å². The number of Topliss-reactive ketones (excluding diaryl/α,β-unsaturated/α-hetero) is 1. The maximum Gasteiger partial charge on any atom is 0.178 e. The zero-order valence-corrected chi connectivity index (χ0v) is 8.38. The third kappa shape index (κ3) is 1.82. The number of aromatic nitrogens is 1. The Labute approximate surface area is 78.9 Å². The van der Waals surface area contributed by atoms with Gasteiger partial charge in [-0.05, 0) is 15.9 Å². The highest BCUT2D eigenvalue weighted by Gasteiger charge is 2.05. The lowest BCUT2D eigenvalue weighted by molar-refractivity contribution is 0.101. The summed E-state index contributed by atoms with van der Waals surface area (Å²) in [6.07, 6.45) is 1.55. The summed E-state index contributed by atoms with van der Waals surface area (Å²) >= 11 is 3.24. The molecule has 0 aliphatic rings. The molecule has 0 saturated heterocycles. The Morgan fingerprint density at radius 1 is 1.67 bits per heavy atom. The molecule has 0 N–H and O–H groups in total. The maximum atomic E-state index is 10.9. The molecule has 64 valence electrons. The summed E-state index contributed by atoms with van der Waals surface area (Å²) in [7, 11) is 1.55. The Morgan fingerprint density at radius 3 is 2.83 bits per heavy atom. The summed E-state index contributed by atoms with van der Waals surface area (Å²) in [5.74, 6) is 0.552. The summed E-state index contributed by atoms with van der Waals surface area (Å²) in [5, 5.41) is 0. The van der Waals surface area contributed by atoms with Gasteiger partial charge in [0.05, 0.1) is 11.6 Å². The molecule has 1 rings (SSSR count). The Bertz CT molecular complexity index is 312. The molecular formula is C8H8BrNO2. The lowest BCUT2D eigenvalue weighted by atomic mass is 10.3. The Kier molecular flexibility index (Phi) is 2.81. The fraction of sp³-hybridized carbons (Fsp3) is 0.250. The van der Waals surface area contributed by atoms with Gasteiger partial charge in [-0.1, -0.05) is 0 Å². The summed E-state index contributed by atoms with van der Waals surface area (Å²) in [5.41, 5.74) is 0.412. The molecule has 4 heteroatoms. The van der Waals surface area contributed by atoms with Gasteiger partial charge in [0.1, 0.15) is 11.4 Å². The van der Waals surface area contributed by atoms with Crippen molar-refractivity contribution >= 4 is 21.7 Å². The number of rotatable bonds is 2. The molecule has 0 saturated carbocycles. The molecule has 0 bridgehead atoms. The first kappa shape index (κ1) is 9.19. The smallest absolute Gasteiger partial charge is 0.178 e. The first-order valence-corrected chi connectivity index (χ1v) is 4.15. The molecule has 0 unspecified atom stereocenters. The molecule has 0 fully saturated rings. The van der Waals surface area contributed by atoms with E-state index in [0.29, 0.717) is 11.4 Å². The lowest BCUT2D eigenvalue weighted by Crippen LogP contribution is -1.97. The summed E-state index contributed by atoms with van der Waals surface area (Å²) in [6.45, 7) is 1.47. The molecule has 0 aliphatic carbocycles. The van der Waals surface area contributed by atoms with Crippen LogP contribution in [0.5, 0.6) is 5.75 Å². The number of ketones is 1. The quantitative estimate of drug-likeness (QED) is 0.730. The van der Waals surface area contributed by atoms with Crippen LogP contribution in [0.2, 0.25) is 0 Å². The number of methoxy groups -OCH3 is 1. The highest BCUT2D eigenvalue weighted by Crippen LogP contribution is 2.23. The molecule has 12 heavy (non-hydrogen) atoms. The third-order valence-electron chi connectivity index (χ3n) is 1.40. The van der Waals surface area contributed by atoms with Crippen LogP contribution in [0.15, 0.2) is 16.7 Å². The minimum atomic E-state index is -0.0687. The van der Waals surface area contributed by atoms with E-state index in [1.54, 1.807) is 19.4 Å². The maximum absolute atomic E-state index is 10.9. The van der Waals surface area contributed by atoms with E-state index >= 15 is 0 Å². The summed E-state index contributed by atoms with van der Waals surface area (Å²) in [6, 6.07) is 1.60. The molecule has 1 heterocycles. The van der Waals surface area contributed by atoms with E-state index in [4.69, 9.17) is 4.74 Å². The Balaban J connectivity index is 3.13. The monoisotopic (exact) mass is 229 g/mol. The molecule has 0 spiro atoms. The van der Waals surface area contributed by atoms with Crippen LogP contribution in [0.25, 0.3) is 0 Å². The van der Waals surface area contributed by atoms with Crippen LogP contribution in [0.3, 0.4) is 0 Å². The lowest BCUT2D eigenvalue weighted by Gasteiger charge is -2.02. The van der Waals surface area contributed by atoms with Gasteiger partial charge in [-0.15, -0.1) is 0 Å². The first-order valence-electron chi connectivity index (χ1n) is 3.35. The minimum Gasteiger partial charge on any atom is -0.495 e. The van der Waals surface area contributed by atoms with E-state index in [2.05, 4.69) is 20.9 Å². The van der Waals surface area contributed by atoms with Crippen LogP contribution >= 0.6 is 15.9 Å². The van der Waals surface area contributed by atoms with E-state index < -0.39 is 0 Å². The fourth-order valence-electron chi connectivity index (χ4n) is 0.769. The highest BCUT2D eigenvalue weighted by atomic mass is 79.9. The number of hydrogen-bond acceptors (Lipinski definition) is 3. The molecule has 3 nitrogen and oxygen atoms in total. The van der Waals surface area contributed by atoms with Gasteiger partial charge in [0, 0.05) is 19.2 Å². The average Bonchev–Trinajstić information content (AvgIpc) is 2.05. The predicted molar refractivity (Wildman–Crippen MR) is 48.5 cm³/mol. The van der Waals surface area contributed by atoms with Gasteiger partial charge in [0.15, 0.2) is 5.78 Å². The van der Waals surface area contributed by atoms with Gasteiger partial charge in [0.25, 0.3) is 0 Å². The zero-order valence-electron chi connectivity index (χ0n) is 6.80. The fourth-order valence-corrected chi connectivity index (χ4v) is 1.15. The Morgan fingerprint density at radius 2 is 2.33 bits per heavy atom. The van der Waals surface area contributed by atoms with Gasteiger partial charge in [-0.2, -0.15) is 0 Å². The number of nitrogens with zero attached hydrogens (tertiary/aromatic N) is 1. The van der Waals surface area contributed by atoms with Crippen LogP contribution in [-0.4, -0.2) is 17.9 Å². The first-order chi connectivity index (χ1) is 5.65. The van der Waals surface area contributed by atoms with Crippen LogP contribution in [-0.2, 0) is 0 Å². The van der Waals surface area contributed by atoms with E-state index in [-0.39, 0.29) is 5.78 Å². The van der Waals surface area contributed by atoms with Crippen molar-refractivity contribution in [1.29, 1.82) is 0 Å². The topological polar surface area (TPSA) is 39.2 Å². The van der Waals surface area contributed by atoms with Crippen LogP contribution < -0.4 is 4.74 Å². The SMILES string of the molecule is COc1cc(C(C)=O)ncc1Br. The second-order valence-electron chi connectivity index (χ2n) is 2.26. The van der Waals surface area contributed by atoms with Crippen molar-refractivity contribution in [2.75, 3.05) is 7.11 Å². The largest absolute Gasteiger partial charge is 0.495 e. The highest BCUT2D eigenvalue weighted by molar-refractivity contribution is 9.10. The molecule has 1 aromatic heterocycles. The second kappa shape index (κ2) is 3.67. The van der Waals surface area contributed by atoms with Crippen LogP contribution in [0.1, 0.15) is 17.4 Å². The third-order valence-corrected chi connectivity index (χ3v) is 2.00. The van der Waals surface area contributed by atoms with Gasteiger partial charge in [-0.25, -0.2) is 0 Å². The predicted octanol–water partition coefficient (Wildman–Crippen LogP) is 2.06. The van der Waals surface area contributed by atoms with Gasteiger partial charge in [0.2, 0.25) is 0 Å². The molecule has 1 aromatic rings. The molecule has 0 amide bonds. The van der Waals surface area contributed by atoms with Crippen molar-refractivity contribution in [3.05, 3.63) is 22.4 Å².